The average molecular weight is 469 g/mol. The van der Waals surface area contributed by atoms with Crippen molar-refractivity contribution in [2.45, 2.75) is 43.7 Å². The van der Waals surface area contributed by atoms with Crippen LogP contribution in [-0.4, -0.2) is 65.0 Å². The normalized spacial score (nSPS) is 26.1. The summed E-state index contributed by atoms with van der Waals surface area (Å²) >= 11 is 1.59. The number of carbonyl (C=O) groups is 3. The summed E-state index contributed by atoms with van der Waals surface area (Å²) in [7, 11) is 0. The van der Waals surface area contributed by atoms with Gasteiger partial charge in [0.1, 0.15) is 0 Å². The van der Waals surface area contributed by atoms with Crippen LogP contribution in [-0.2, 0) is 26.3 Å². The van der Waals surface area contributed by atoms with Crippen LogP contribution in [0.15, 0.2) is 41.2 Å². The number of pyridine rings is 1. The molecule has 2 aromatic heterocycles. The predicted molar refractivity (Wildman–Crippen MR) is 122 cm³/mol. The number of nitrogens with one attached hydrogen (secondary N) is 1. The van der Waals surface area contributed by atoms with Crippen LogP contribution >= 0.6 is 11.3 Å². The molecular weight excluding hydrogens is 440 g/mol. The van der Waals surface area contributed by atoms with Gasteiger partial charge in [-0.1, -0.05) is 6.07 Å². The van der Waals surface area contributed by atoms with Crippen molar-refractivity contribution in [2.75, 3.05) is 26.2 Å². The molecule has 174 valence electrons. The maximum absolute atomic E-state index is 13.8. The van der Waals surface area contributed by atoms with Gasteiger partial charge in [-0.2, -0.15) is 11.3 Å². The number of hydrogen-bond acceptors (Lipinski definition) is 6. The fourth-order valence-electron chi connectivity index (χ4n) is 5.25. The molecule has 4 amide bonds. The molecule has 5 heterocycles. The number of urea groups is 1. The highest BCUT2D eigenvalue weighted by Crippen LogP contribution is 2.41. The lowest BCUT2D eigenvalue weighted by molar-refractivity contribution is -0.137. The molecule has 0 saturated carbocycles. The summed E-state index contributed by atoms with van der Waals surface area (Å²) in [5.41, 5.74) is 0.376. The van der Waals surface area contributed by atoms with Gasteiger partial charge in [0.2, 0.25) is 5.91 Å². The number of carbonyl (C=O) groups excluding carboxylic acids is 3. The van der Waals surface area contributed by atoms with Gasteiger partial charge in [0.15, 0.2) is 5.54 Å². The number of likely N-dealkylation sites (tertiary alicyclic amines) is 1. The Bertz CT molecular complexity index is 1000. The molecule has 3 saturated heterocycles. The Morgan fingerprint density at radius 3 is 2.73 bits per heavy atom. The van der Waals surface area contributed by atoms with Gasteiger partial charge in [0, 0.05) is 31.8 Å². The number of aromatic nitrogens is 1. The molecule has 3 aliphatic heterocycles. The van der Waals surface area contributed by atoms with E-state index in [2.05, 4.69) is 10.3 Å². The number of imide groups is 1. The molecule has 0 bridgehead atoms. The first-order chi connectivity index (χ1) is 16.1. The van der Waals surface area contributed by atoms with Crippen LogP contribution in [0.4, 0.5) is 4.79 Å². The Kier molecular flexibility index (Phi) is 6.16. The van der Waals surface area contributed by atoms with Crippen molar-refractivity contribution in [2.24, 2.45) is 5.92 Å². The second kappa shape index (κ2) is 9.23. The zero-order chi connectivity index (χ0) is 22.8. The summed E-state index contributed by atoms with van der Waals surface area (Å²) in [6.45, 7) is 2.03. The fraction of sp³-hybridized carbons (Fsp3) is 0.500. The van der Waals surface area contributed by atoms with Gasteiger partial charge in [-0.3, -0.25) is 19.5 Å². The van der Waals surface area contributed by atoms with E-state index in [0.717, 1.165) is 18.4 Å². The minimum absolute atomic E-state index is 0.0977. The maximum Gasteiger partial charge on any atom is 0.325 e. The van der Waals surface area contributed by atoms with Crippen LogP contribution in [0, 0.1) is 5.92 Å². The summed E-state index contributed by atoms with van der Waals surface area (Å²) in [5.74, 6) is -0.311. The van der Waals surface area contributed by atoms with E-state index in [4.69, 9.17) is 4.74 Å². The third-order valence-electron chi connectivity index (χ3n) is 7.01. The number of ether oxygens (including phenoxy) is 1. The number of amides is 4. The summed E-state index contributed by atoms with van der Waals surface area (Å²) in [4.78, 5) is 47.2. The molecule has 0 aromatic carbocycles. The fourth-order valence-corrected chi connectivity index (χ4v) is 5.92. The number of rotatable bonds is 6. The largest absolute Gasteiger partial charge is 0.376 e. The first kappa shape index (κ1) is 22.0. The van der Waals surface area contributed by atoms with Gasteiger partial charge in [0.25, 0.3) is 5.91 Å². The zero-order valence-electron chi connectivity index (χ0n) is 18.4. The Balaban J connectivity index is 1.35. The predicted octanol–water partition coefficient (Wildman–Crippen LogP) is 2.55. The molecule has 8 nitrogen and oxygen atoms in total. The zero-order valence-corrected chi connectivity index (χ0v) is 19.3. The van der Waals surface area contributed by atoms with Crippen molar-refractivity contribution >= 4 is 29.2 Å². The second-order valence-electron chi connectivity index (χ2n) is 8.97. The molecule has 2 atom stereocenters. The Labute approximate surface area is 196 Å². The number of thiophene rings is 1. The second-order valence-corrected chi connectivity index (χ2v) is 9.75. The van der Waals surface area contributed by atoms with Crippen molar-refractivity contribution in [1.29, 1.82) is 0 Å². The van der Waals surface area contributed by atoms with E-state index in [-0.39, 0.29) is 30.4 Å². The Hall–Kier alpha value is -2.78. The van der Waals surface area contributed by atoms with E-state index in [9.17, 15) is 14.4 Å². The third kappa shape index (κ3) is 4.15. The van der Waals surface area contributed by atoms with Crippen molar-refractivity contribution < 1.29 is 19.1 Å². The summed E-state index contributed by atoms with van der Waals surface area (Å²) in [6.07, 6.45) is 4.95. The van der Waals surface area contributed by atoms with Crippen LogP contribution in [0.3, 0.4) is 0 Å². The number of piperidine rings is 1. The molecule has 0 radical (unpaired) electrons. The highest BCUT2D eigenvalue weighted by Gasteiger charge is 2.58. The molecule has 0 unspecified atom stereocenters. The van der Waals surface area contributed by atoms with Gasteiger partial charge < -0.3 is 15.0 Å². The van der Waals surface area contributed by atoms with Gasteiger partial charge in [-0.25, -0.2) is 4.79 Å². The molecule has 2 aromatic rings. The minimum Gasteiger partial charge on any atom is -0.376 e. The highest BCUT2D eigenvalue weighted by molar-refractivity contribution is 7.08. The molecule has 3 fully saturated rings. The van der Waals surface area contributed by atoms with Gasteiger partial charge in [-0.15, -0.1) is 0 Å². The first-order valence-electron chi connectivity index (χ1n) is 11.5. The van der Waals surface area contributed by atoms with Crippen molar-refractivity contribution in [1.82, 2.24) is 20.1 Å². The lowest BCUT2D eigenvalue weighted by Crippen LogP contribution is -2.54. The van der Waals surface area contributed by atoms with E-state index in [0.29, 0.717) is 44.7 Å². The van der Waals surface area contributed by atoms with Crippen LogP contribution in [0.1, 0.15) is 36.9 Å². The number of hydrogen-bond donors (Lipinski definition) is 1. The van der Waals surface area contributed by atoms with Crippen molar-refractivity contribution in [3.05, 3.63) is 52.5 Å². The Morgan fingerprint density at radius 2 is 2.06 bits per heavy atom. The molecule has 9 heteroatoms. The van der Waals surface area contributed by atoms with Crippen LogP contribution in [0.25, 0.3) is 0 Å². The monoisotopic (exact) mass is 468 g/mol. The highest BCUT2D eigenvalue weighted by atomic mass is 32.1. The summed E-state index contributed by atoms with van der Waals surface area (Å²) in [6, 6.07) is 7.03. The molecule has 0 spiro atoms. The van der Waals surface area contributed by atoms with E-state index in [1.807, 2.05) is 33.9 Å². The molecule has 3 aliphatic rings. The molecule has 33 heavy (non-hydrogen) atoms. The summed E-state index contributed by atoms with van der Waals surface area (Å²) in [5, 5.41) is 7.00. The van der Waals surface area contributed by atoms with Gasteiger partial charge in [0.05, 0.1) is 24.8 Å². The average Bonchev–Trinajstić information content (AvgIpc) is 3.59. The van der Waals surface area contributed by atoms with E-state index >= 15 is 0 Å². The van der Waals surface area contributed by atoms with Crippen molar-refractivity contribution in [3.8, 4) is 0 Å². The summed E-state index contributed by atoms with van der Waals surface area (Å²) < 4.78 is 5.68. The first-order valence-corrected chi connectivity index (χ1v) is 12.5. The van der Waals surface area contributed by atoms with Crippen LogP contribution in [0.2, 0.25) is 0 Å². The minimum atomic E-state index is -1.21. The van der Waals surface area contributed by atoms with Gasteiger partial charge >= 0.3 is 6.03 Å². The van der Waals surface area contributed by atoms with E-state index in [1.54, 1.807) is 23.6 Å². The smallest absolute Gasteiger partial charge is 0.325 e. The molecule has 0 aliphatic carbocycles. The molecule has 1 N–H and O–H groups in total. The maximum atomic E-state index is 13.8. The third-order valence-corrected chi connectivity index (χ3v) is 7.74. The number of nitrogens with zero attached hydrogens (tertiary/aromatic N) is 3. The van der Waals surface area contributed by atoms with E-state index < -0.39 is 11.6 Å². The van der Waals surface area contributed by atoms with Gasteiger partial charge in [-0.05, 0) is 60.2 Å². The lowest BCUT2D eigenvalue weighted by Gasteiger charge is -2.40. The Morgan fingerprint density at radius 1 is 1.21 bits per heavy atom. The lowest BCUT2D eigenvalue weighted by atomic mass is 9.75. The molecular formula is C24H28N4O4S. The topological polar surface area (TPSA) is 91.8 Å². The van der Waals surface area contributed by atoms with Crippen LogP contribution < -0.4 is 5.32 Å². The standard InChI is InChI=1S/C24H28N4O4S/c29-21(14-17-8-13-33-16-17)27-10-6-18(7-11-27)24(20-5-1-2-9-25-20)22(30)28(23(31)26-24)15-19-4-3-12-32-19/h1-2,5,8-9,13,16,18-19H,3-4,6-7,10-12,14-15H2,(H,26,31)/t19-,24+/m0/s1. The quantitative estimate of drug-likeness (QED) is 0.658. The van der Waals surface area contributed by atoms with Crippen LogP contribution in [0.5, 0.6) is 0 Å². The SMILES string of the molecule is O=C(Cc1ccsc1)N1CCC([C@]2(c3ccccn3)NC(=O)N(C[C@@H]3CCCO3)C2=O)CC1. The van der Waals surface area contributed by atoms with E-state index in [1.165, 1.54) is 4.90 Å². The van der Waals surface area contributed by atoms with Crippen molar-refractivity contribution in [3.63, 3.8) is 0 Å². The molecule has 5 rings (SSSR count).